The van der Waals surface area contributed by atoms with Gasteiger partial charge in [-0.05, 0) is 32.0 Å². The number of fused-ring (bicyclic) bond motifs is 1. The lowest BCUT2D eigenvalue weighted by Crippen LogP contribution is -2.37. The van der Waals surface area contributed by atoms with E-state index in [1.807, 2.05) is 13.8 Å². The second kappa shape index (κ2) is 4.63. The molecule has 4 heteroatoms. The van der Waals surface area contributed by atoms with Crippen LogP contribution in [0.2, 0.25) is 0 Å². The van der Waals surface area contributed by atoms with Gasteiger partial charge in [0.25, 0.3) is 0 Å². The molecule has 0 radical (unpaired) electrons. The average molecular weight is 239 g/mol. The van der Waals surface area contributed by atoms with Crippen molar-refractivity contribution in [1.82, 2.24) is 0 Å². The molecular formula is C13H18FNO2. The van der Waals surface area contributed by atoms with Gasteiger partial charge in [0.1, 0.15) is 17.7 Å². The van der Waals surface area contributed by atoms with Crippen molar-refractivity contribution in [2.75, 3.05) is 13.2 Å². The van der Waals surface area contributed by atoms with Crippen LogP contribution in [0.4, 0.5) is 4.39 Å². The molecule has 1 aromatic rings. The van der Waals surface area contributed by atoms with Gasteiger partial charge in [-0.3, -0.25) is 0 Å². The summed E-state index contributed by atoms with van der Waals surface area (Å²) in [4.78, 5) is 0. The summed E-state index contributed by atoms with van der Waals surface area (Å²) in [6.45, 7) is 4.81. The molecule has 0 fully saturated rings. The van der Waals surface area contributed by atoms with Crippen LogP contribution >= 0.6 is 0 Å². The zero-order chi connectivity index (χ0) is 12.5. The fourth-order valence-corrected chi connectivity index (χ4v) is 1.76. The summed E-state index contributed by atoms with van der Waals surface area (Å²) in [5, 5.41) is 0. The highest BCUT2D eigenvalue weighted by atomic mass is 19.1. The van der Waals surface area contributed by atoms with E-state index in [9.17, 15) is 4.39 Å². The summed E-state index contributed by atoms with van der Waals surface area (Å²) in [5.41, 5.74) is 6.14. The Kier molecular flexibility index (Phi) is 3.35. The topological polar surface area (TPSA) is 44.5 Å². The maximum Gasteiger partial charge on any atom is 0.126 e. The molecule has 2 N–H and O–H groups in total. The Morgan fingerprint density at radius 2 is 2.29 bits per heavy atom. The molecule has 1 heterocycles. The minimum atomic E-state index is -0.344. The molecule has 1 aromatic carbocycles. The van der Waals surface area contributed by atoms with Crippen molar-refractivity contribution in [1.29, 1.82) is 0 Å². The van der Waals surface area contributed by atoms with E-state index in [0.717, 1.165) is 11.3 Å². The molecule has 1 unspecified atom stereocenters. The maximum atomic E-state index is 13.0. The van der Waals surface area contributed by atoms with Crippen molar-refractivity contribution in [3.05, 3.63) is 29.6 Å². The summed E-state index contributed by atoms with van der Waals surface area (Å²) in [7, 11) is 0. The monoisotopic (exact) mass is 239 g/mol. The van der Waals surface area contributed by atoms with Crippen LogP contribution in [-0.4, -0.2) is 24.9 Å². The first-order chi connectivity index (χ1) is 8.00. The van der Waals surface area contributed by atoms with Gasteiger partial charge in [0.2, 0.25) is 0 Å². The molecule has 0 spiro atoms. The quantitative estimate of drug-likeness (QED) is 0.872. The Hall–Kier alpha value is -1.13. The standard InChI is InChI=1S/C13H18FNO2/c1-13(2,8-15)16-7-11-6-9-5-10(14)3-4-12(9)17-11/h3-5,11H,6-8,15H2,1-2H3. The first-order valence-corrected chi connectivity index (χ1v) is 5.79. The number of hydrogen-bond donors (Lipinski definition) is 1. The number of ether oxygens (including phenoxy) is 2. The van der Waals surface area contributed by atoms with E-state index in [1.54, 1.807) is 6.07 Å². The van der Waals surface area contributed by atoms with Gasteiger partial charge >= 0.3 is 0 Å². The van der Waals surface area contributed by atoms with Crippen molar-refractivity contribution in [2.45, 2.75) is 32.0 Å². The number of hydrogen-bond acceptors (Lipinski definition) is 3. The number of halogens is 1. The summed E-state index contributed by atoms with van der Waals surface area (Å²) in [6.07, 6.45) is 0.644. The molecule has 0 aromatic heterocycles. The molecule has 17 heavy (non-hydrogen) atoms. The molecule has 2 rings (SSSR count). The molecule has 0 saturated carbocycles. The zero-order valence-corrected chi connectivity index (χ0v) is 10.2. The Morgan fingerprint density at radius 1 is 1.53 bits per heavy atom. The third-order valence-corrected chi connectivity index (χ3v) is 2.92. The predicted octanol–water partition coefficient (Wildman–Crippen LogP) is 1.88. The maximum absolute atomic E-state index is 13.0. The van der Waals surface area contributed by atoms with E-state index in [1.165, 1.54) is 12.1 Å². The summed E-state index contributed by atoms with van der Waals surface area (Å²) in [6, 6.07) is 4.59. The number of nitrogens with two attached hydrogens (primary N) is 1. The van der Waals surface area contributed by atoms with Crippen LogP contribution in [0.5, 0.6) is 5.75 Å². The van der Waals surface area contributed by atoms with Gasteiger partial charge in [-0.15, -0.1) is 0 Å². The molecule has 3 nitrogen and oxygen atoms in total. The number of rotatable bonds is 4. The first kappa shape index (κ1) is 12.3. The molecule has 0 saturated heterocycles. The first-order valence-electron chi connectivity index (χ1n) is 5.79. The Labute approximate surface area is 101 Å². The highest BCUT2D eigenvalue weighted by Gasteiger charge is 2.26. The third-order valence-electron chi connectivity index (χ3n) is 2.92. The summed E-state index contributed by atoms with van der Waals surface area (Å²) < 4.78 is 24.4. The molecule has 1 aliphatic heterocycles. The van der Waals surface area contributed by atoms with Crippen LogP contribution in [0.15, 0.2) is 18.2 Å². The predicted molar refractivity (Wildman–Crippen MR) is 63.6 cm³/mol. The third kappa shape index (κ3) is 2.96. The van der Waals surface area contributed by atoms with Crippen molar-refractivity contribution in [3.8, 4) is 5.75 Å². The minimum absolute atomic E-state index is 0.0439. The van der Waals surface area contributed by atoms with Crippen molar-refractivity contribution in [2.24, 2.45) is 5.73 Å². The van der Waals surface area contributed by atoms with Crippen LogP contribution in [0.1, 0.15) is 19.4 Å². The normalized spacial score (nSPS) is 18.9. The highest BCUT2D eigenvalue weighted by Crippen LogP contribution is 2.29. The smallest absolute Gasteiger partial charge is 0.126 e. The van der Waals surface area contributed by atoms with E-state index in [0.29, 0.717) is 19.6 Å². The van der Waals surface area contributed by atoms with E-state index >= 15 is 0 Å². The van der Waals surface area contributed by atoms with Crippen LogP contribution in [0.25, 0.3) is 0 Å². The van der Waals surface area contributed by atoms with Crippen molar-refractivity contribution >= 4 is 0 Å². The van der Waals surface area contributed by atoms with Gasteiger partial charge in [0.15, 0.2) is 0 Å². The largest absolute Gasteiger partial charge is 0.487 e. The van der Waals surface area contributed by atoms with Gasteiger partial charge in [-0.2, -0.15) is 0 Å². The SMILES string of the molecule is CC(C)(CN)OCC1Cc2cc(F)ccc2O1. The summed E-state index contributed by atoms with van der Waals surface area (Å²) >= 11 is 0. The molecular weight excluding hydrogens is 221 g/mol. The van der Waals surface area contributed by atoms with Crippen molar-refractivity contribution in [3.63, 3.8) is 0 Å². The molecule has 1 aliphatic rings. The van der Waals surface area contributed by atoms with Gasteiger partial charge in [0, 0.05) is 18.5 Å². The van der Waals surface area contributed by atoms with Crippen LogP contribution in [0.3, 0.4) is 0 Å². The van der Waals surface area contributed by atoms with Crippen LogP contribution in [-0.2, 0) is 11.2 Å². The summed E-state index contributed by atoms with van der Waals surface area (Å²) in [5.74, 6) is 0.529. The second-order valence-electron chi connectivity index (χ2n) is 4.97. The van der Waals surface area contributed by atoms with Gasteiger partial charge in [-0.25, -0.2) is 4.39 Å². The molecule has 0 amide bonds. The van der Waals surface area contributed by atoms with Crippen LogP contribution < -0.4 is 10.5 Å². The van der Waals surface area contributed by atoms with Gasteiger partial charge in [0.05, 0.1) is 12.2 Å². The second-order valence-corrected chi connectivity index (χ2v) is 4.97. The average Bonchev–Trinajstić information content (AvgIpc) is 2.68. The molecule has 0 bridgehead atoms. The van der Waals surface area contributed by atoms with E-state index < -0.39 is 0 Å². The van der Waals surface area contributed by atoms with Crippen LogP contribution in [0, 0.1) is 5.82 Å². The van der Waals surface area contributed by atoms with Gasteiger partial charge in [-0.1, -0.05) is 0 Å². The minimum Gasteiger partial charge on any atom is -0.487 e. The molecule has 0 aliphatic carbocycles. The zero-order valence-electron chi connectivity index (χ0n) is 10.2. The van der Waals surface area contributed by atoms with Gasteiger partial charge < -0.3 is 15.2 Å². The lowest BCUT2D eigenvalue weighted by atomic mass is 10.1. The van der Waals surface area contributed by atoms with Crippen molar-refractivity contribution < 1.29 is 13.9 Å². The van der Waals surface area contributed by atoms with E-state index in [2.05, 4.69) is 0 Å². The fourth-order valence-electron chi connectivity index (χ4n) is 1.76. The highest BCUT2D eigenvalue weighted by molar-refractivity contribution is 5.37. The van der Waals surface area contributed by atoms with E-state index in [-0.39, 0.29) is 17.5 Å². The molecule has 1 atom stereocenters. The Morgan fingerprint density at radius 3 is 3.00 bits per heavy atom. The lowest BCUT2D eigenvalue weighted by molar-refractivity contribution is -0.0426. The Balaban J connectivity index is 1.92. The Bertz CT molecular complexity index is 406. The lowest BCUT2D eigenvalue weighted by Gasteiger charge is -2.25. The fraction of sp³-hybridized carbons (Fsp3) is 0.538. The number of benzene rings is 1. The van der Waals surface area contributed by atoms with E-state index in [4.69, 9.17) is 15.2 Å². The molecule has 94 valence electrons.